The molecule has 0 aliphatic rings. The summed E-state index contributed by atoms with van der Waals surface area (Å²) in [6, 6.07) is 16.7. The number of anilines is 2. The monoisotopic (exact) mass is 449 g/mol. The molecular formula is C24H18F3N5O. The number of alkyl halides is 3. The van der Waals surface area contributed by atoms with Crippen LogP contribution >= 0.6 is 0 Å². The van der Waals surface area contributed by atoms with E-state index in [2.05, 4.69) is 25.6 Å². The molecule has 2 aromatic heterocycles. The zero-order valence-electron chi connectivity index (χ0n) is 17.2. The molecule has 0 saturated heterocycles. The first-order valence-electron chi connectivity index (χ1n) is 9.93. The van der Waals surface area contributed by atoms with Gasteiger partial charge in [0.05, 0.1) is 11.3 Å². The molecule has 0 unspecified atom stereocenters. The van der Waals surface area contributed by atoms with E-state index in [1.807, 2.05) is 18.2 Å². The van der Waals surface area contributed by atoms with Crippen LogP contribution in [0, 0.1) is 0 Å². The Morgan fingerprint density at radius 1 is 0.939 bits per heavy atom. The average Bonchev–Trinajstić information content (AvgIpc) is 2.83. The normalized spacial score (nSPS) is 11.1. The number of hydrogen-bond donors (Lipinski definition) is 2. The van der Waals surface area contributed by atoms with Crippen LogP contribution in [-0.2, 0) is 12.7 Å². The molecule has 2 N–H and O–H groups in total. The number of halogens is 3. The number of benzene rings is 2. The Morgan fingerprint density at radius 2 is 1.79 bits per heavy atom. The SMILES string of the molecule is O=C(Nc1cccc(-c2ccnc(NCc3cccnc3)n2)c1)c1cccc(C(F)(F)F)c1. The van der Waals surface area contributed by atoms with Crippen LogP contribution in [0.1, 0.15) is 21.5 Å². The second kappa shape index (κ2) is 9.47. The van der Waals surface area contributed by atoms with Gasteiger partial charge in [0.15, 0.2) is 0 Å². The molecule has 33 heavy (non-hydrogen) atoms. The topological polar surface area (TPSA) is 79.8 Å². The van der Waals surface area contributed by atoms with Gasteiger partial charge in [0, 0.05) is 41.9 Å². The van der Waals surface area contributed by atoms with E-state index in [1.54, 1.807) is 42.9 Å². The minimum absolute atomic E-state index is 0.0841. The number of amides is 1. The maximum absolute atomic E-state index is 12.9. The van der Waals surface area contributed by atoms with E-state index >= 15 is 0 Å². The second-order valence-corrected chi connectivity index (χ2v) is 7.09. The Labute approximate surface area is 187 Å². The summed E-state index contributed by atoms with van der Waals surface area (Å²) in [6.45, 7) is 0.504. The Balaban J connectivity index is 1.48. The molecule has 166 valence electrons. The Morgan fingerprint density at radius 3 is 2.58 bits per heavy atom. The van der Waals surface area contributed by atoms with Crippen LogP contribution in [0.25, 0.3) is 11.3 Å². The van der Waals surface area contributed by atoms with Crippen molar-refractivity contribution in [1.29, 1.82) is 0 Å². The predicted molar refractivity (Wildman–Crippen MR) is 118 cm³/mol. The summed E-state index contributed by atoms with van der Waals surface area (Å²) >= 11 is 0. The van der Waals surface area contributed by atoms with Crippen LogP contribution in [-0.4, -0.2) is 20.9 Å². The molecular weight excluding hydrogens is 431 g/mol. The van der Waals surface area contributed by atoms with Crippen LogP contribution < -0.4 is 10.6 Å². The van der Waals surface area contributed by atoms with Gasteiger partial charge in [-0.05, 0) is 48.0 Å². The van der Waals surface area contributed by atoms with E-state index < -0.39 is 17.6 Å². The van der Waals surface area contributed by atoms with Gasteiger partial charge in [-0.25, -0.2) is 9.97 Å². The maximum atomic E-state index is 12.9. The van der Waals surface area contributed by atoms with Crippen molar-refractivity contribution >= 4 is 17.5 Å². The maximum Gasteiger partial charge on any atom is 0.416 e. The van der Waals surface area contributed by atoms with Gasteiger partial charge in [0.1, 0.15) is 0 Å². The summed E-state index contributed by atoms with van der Waals surface area (Å²) in [7, 11) is 0. The van der Waals surface area contributed by atoms with Crippen molar-refractivity contribution in [2.45, 2.75) is 12.7 Å². The van der Waals surface area contributed by atoms with Crippen molar-refractivity contribution in [2.24, 2.45) is 0 Å². The molecule has 4 aromatic rings. The Hall–Kier alpha value is -4.27. The zero-order valence-corrected chi connectivity index (χ0v) is 17.2. The lowest BCUT2D eigenvalue weighted by atomic mass is 10.1. The molecule has 0 bridgehead atoms. The summed E-state index contributed by atoms with van der Waals surface area (Å²) in [5.41, 5.74) is 1.78. The van der Waals surface area contributed by atoms with Crippen molar-refractivity contribution < 1.29 is 18.0 Å². The summed E-state index contributed by atoms with van der Waals surface area (Å²) in [5, 5.41) is 5.77. The summed E-state index contributed by atoms with van der Waals surface area (Å²) in [5.74, 6) is -0.213. The predicted octanol–water partition coefficient (Wildman–Crippen LogP) is 5.42. The smallest absolute Gasteiger partial charge is 0.350 e. The van der Waals surface area contributed by atoms with Gasteiger partial charge in [-0.2, -0.15) is 13.2 Å². The number of pyridine rings is 1. The summed E-state index contributed by atoms with van der Waals surface area (Å²) in [4.78, 5) is 25.3. The Kier molecular flexibility index (Phi) is 6.30. The van der Waals surface area contributed by atoms with Crippen LogP contribution in [0.15, 0.2) is 85.3 Å². The third-order valence-electron chi connectivity index (χ3n) is 4.70. The third-order valence-corrected chi connectivity index (χ3v) is 4.70. The highest BCUT2D eigenvalue weighted by molar-refractivity contribution is 6.04. The van der Waals surface area contributed by atoms with E-state index in [9.17, 15) is 18.0 Å². The first-order valence-corrected chi connectivity index (χ1v) is 9.93. The minimum Gasteiger partial charge on any atom is -0.350 e. The number of rotatable bonds is 6. The molecule has 9 heteroatoms. The number of nitrogens with zero attached hydrogens (tertiary/aromatic N) is 3. The molecule has 0 fully saturated rings. The molecule has 0 aliphatic heterocycles. The van der Waals surface area contributed by atoms with Gasteiger partial charge in [-0.15, -0.1) is 0 Å². The molecule has 4 rings (SSSR count). The van der Waals surface area contributed by atoms with Crippen LogP contribution in [0.3, 0.4) is 0 Å². The van der Waals surface area contributed by atoms with Crippen LogP contribution in [0.4, 0.5) is 24.8 Å². The first-order chi connectivity index (χ1) is 15.9. The van der Waals surface area contributed by atoms with Crippen molar-refractivity contribution in [3.8, 4) is 11.3 Å². The average molecular weight is 449 g/mol. The van der Waals surface area contributed by atoms with Crippen molar-refractivity contribution in [3.63, 3.8) is 0 Å². The minimum atomic E-state index is -4.52. The largest absolute Gasteiger partial charge is 0.416 e. The highest BCUT2D eigenvalue weighted by Crippen LogP contribution is 2.30. The molecule has 2 aromatic carbocycles. The van der Waals surface area contributed by atoms with Gasteiger partial charge < -0.3 is 10.6 Å². The van der Waals surface area contributed by atoms with Crippen molar-refractivity contribution in [2.75, 3.05) is 10.6 Å². The summed E-state index contributed by atoms with van der Waals surface area (Å²) in [6.07, 6.45) is 0.528. The lowest BCUT2D eigenvalue weighted by molar-refractivity contribution is -0.137. The quantitative estimate of drug-likeness (QED) is 0.411. The van der Waals surface area contributed by atoms with Crippen molar-refractivity contribution in [3.05, 3.63) is 102 Å². The highest BCUT2D eigenvalue weighted by Gasteiger charge is 2.30. The van der Waals surface area contributed by atoms with E-state index in [1.165, 1.54) is 12.1 Å². The molecule has 0 spiro atoms. The van der Waals surface area contributed by atoms with Gasteiger partial charge in [-0.3, -0.25) is 9.78 Å². The van der Waals surface area contributed by atoms with Gasteiger partial charge >= 0.3 is 6.18 Å². The molecule has 1 amide bonds. The van der Waals surface area contributed by atoms with Gasteiger partial charge in [0.25, 0.3) is 5.91 Å². The fourth-order valence-electron chi connectivity index (χ4n) is 3.08. The van der Waals surface area contributed by atoms with E-state index in [0.29, 0.717) is 29.4 Å². The van der Waals surface area contributed by atoms with Crippen LogP contribution in [0.5, 0.6) is 0 Å². The highest BCUT2D eigenvalue weighted by atomic mass is 19.4. The van der Waals surface area contributed by atoms with Crippen LogP contribution in [0.2, 0.25) is 0 Å². The molecule has 2 heterocycles. The standard InChI is InChI=1S/C24H18F3N5O/c25-24(26,27)19-7-1-6-18(12-19)22(33)31-20-8-2-5-17(13-20)21-9-11-29-23(32-21)30-15-16-4-3-10-28-14-16/h1-14H,15H2,(H,31,33)(H,29,30,32). The number of nitrogens with one attached hydrogen (secondary N) is 2. The molecule has 0 saturated carbocycles. The number of aromatic nitrogens is 3. The number of hydrogen-bond acceptors (Lipinski definition) is 5. The third kappa shape index (κ3) is 5.70. The van der Waals surface area contributed by atoms with Gasteiger partial charge in [0.2, 0.25) is 5.95 Å². The lowest BCUT2D eigenvalue weighted by Crippen LogP contribution is -2.14. The molecule has 0 aliphatic carbocycles. The number of carbonyl (C=O) groups excluding carboxylic acids is 1. The first kappa shape index (κ1) is 21.9. The number of carbonyl (C=O) groups is 1. The van der Waals surface area contributed by atoms with E-state index in [0.717, 1.165) is 17.7 Å². The fourth-order valence-corrected chi connectivity index (χ4v) is 3.08. The molecule has 0 atom stereocenters. The lowest BCUT2D eigenvalue weighted by Gasteiger charge is -2.10. The van der Waals surface area contributed by atoms with Gasteiger partial charge in [-0.1, -0.05) is 24.3 Å². The van der Waals surface area contributed by atoms with E-state index in [4.69, 9.17) is 0 Å². The fraction of sp³-hybridized carbons (Fsp3) is 0.0833. The Bertz CT molecular complexity index is 1260. The second-order valence-electron chi connectivity index (χ2n) is 7.09. The van der Waals surface area contributed by atoms with E-state index in [-0.39, 0.29) is 5.56 Å². The molecule has 0 radical (unpaired) electrons. The molecule has 6 nitrogen and oxygen atoms in total. The zero-order chi connectivity index (χ0) is 23.3. The van der Waals surface area contributed by atoms with Crippen molar-refractivity contribution in [1.82, 2.24) is 15.0 Å². The summed E-state index contributed by atoms with van der Waals surface area (Å²) < 4.78 is 38.8.